The first-order valence-electron chi connectivity index (χ1n) is 7.14. The van der Waals surface area contributed by atoms with Crippen molar-refractivity contribution in [3.05, 3.63) is 23.9 Å². The summed E-state index contributed by atoms with van der Waals surface area (Å²) >= 11 is 0. The van der Waals surface area contributed by atoms with Gasteiger partial charge in [-0.2, -0.15) is 0 Å². The Morgan fingerprint density at radius 1 is 1.32 bits per heavy atom. The quantitative estimate of drug-likeness (QED) is 0.822. The zero-order valence-electron chi connectivity index (χ0n) is 12.4. The molecule has 4 heteroatoms. The molecule has 0 aliphatic carbocycles. The molecule has 1 atom stereocenters. The van der Waals surface area contributed by atoms with E-state index in [4.69, 9.17) is 0 Å². The van der Waals surface area contributed by atoms with Gasteiger partial charge in [0.05, 0.1) is 5.56 Å². The highest BCUT2D eigenvalue weighted by atomic mass is 16.1. The van der Waals surface area contributed by atoms with Crippen molar-refractivity contribution in [2.45, 2.75) is 46.6 Å². The molecule has 1 aromatic heterocycles. The van der Waals surface area contributed by atoms with Gasteiger partial charge in [-0.1, -0.05) is 13.3 Å². The van der Waals surface area contributed by atoms with E-state index in [0.717, 1.165) is 31.7 Å². The molecule has 0 spiro atoms. The van der Waals surface area contributed by atoms with E-state index in [1.54, 1.807) is 6.20 Å². The van der Waals surface area contributed by atoms with Crippen molar-refractivity contribution in [1.82, 2.24) is 10.3 Å². The molecule has 0 unspecified atom stereocenters. The lowest BCUT2D eigenvalue weighted by Gasteiger charge is -2.19. The highest BCUT2D eigenvalue weighted by Crippen LogP contribution is 2.11. The SMILES string of the molecule is CCC[C@@H](C)NC(=O)c1ccc(N(CC)CC)nc1. The van der Waals surface area contributed by atoms with Crippen LogP contribution in [0.4, 0.5) is 5.82 Å². The number of pyridine rings is 1. The third-order valence-electron chi connectivity index (χ3n) is 3.20. The minimum atomic E-state index is -0.0421. The lowest BCUT2D eigenvalue weighted by atomic mass is 10.2. The zero-order chi connectivity index (χ0) is 14.3. The fourth-order valence-electron chi connectivity index (χ4n) is 2.07. The number of hydrogen-bond acceptors (Lipinski definition) is 3. The van der Waals surface area contributed by atoms with Gasteiger partial charge in [-0.15, -0.1) is 0 Å². The van der Waals surface area contributed by atoms with Crippen LogP contribution in [0.15, 0.2) is 18.3 Å². The fourth-order valence-corrected chi connectivity index (χ4v) is 2.07. The van der Waals surface area contributed by atoms with Crippen LogP contribution in [0, 0.1) is 0 Å². The summed E-state index contributed by atoms with van der Waals surface area (Å²) < 4.78 is 0. The van der Waals surface area contributed by atoms with Crippen LogP contribution in [0.3, 0.4) is 0 Å². The number of aromatic nitrogens is 1. The third-order valence-corrected chi connectivity index (χ3v) is 3.20. The first kappa shape index (κ1) is 15.5. The largest absolute Gasteiger partial charge is 0.357 e. The zero-order valence-corrected chi connectivity index (χ0v) is 12.4. The number of carbonyl (C=O) groups is 1. The van der Waals surface area contributed by atoms with Crippen LogP contribution >= 0.6 is 0 Å². The number of nitrogens with one attached hydrogen (secondary N) is 1. The van der Waals surface area contributed by atoms with Crippen molar-refractivity contribution in [2.75, 3.05) is 18.0 Å². The summed E-state index contributed by atoms with van der Waals surface area (Å²) in [5.41, 5.74) is 0.624. The van der Waals surface area contributed by atoms with E-state index in [1.165, 1.54) is 0 Å². The Hall–Kier alpha value is -1.58. The Morgan fingerprint density at radius 2 is 2.00 bits per heavy atom. The van der Waals surface area contributed by atoms with Gasteiger partial charge in [0, 0.05) is 25.3 Å². The molecule has 19 heavy (non-hydrogen) atoms. The van der Waals surface area contributed by atoms with E-state index < -0.39 is 0 Å². The minimum absolute atomic E-state index is 0.0421. The summed E-state index contributed by atoms with van der Waals surface area (Å²) in [6, 6.07) is 3.96. The molecule has 0 aromatic carbocycles. The average molecular weight is 263 g/mol. The van der Waals surface area contributed by atoms with E-state index in [1.807, 2.05) is 19.1 Å². The molecule has 0 aliphatic heterocycles. The maximum absolute atomic E-state index is 12.0. The summed E-state index contributed by atoms with van der Waals surface area (Å²) in [5.74, 6) is 0.878. The summed E-state index contributed by atoms with van der Waals surface area (Å²) in [6.45, 7) is 10.2. The monoisotopic (exact) mass is 263 g/mol. The second kappa shape index (κ2) is 7.77. The van der Waals surface area contributed by atoms with Gasteiger partial charge in [0.15, 0.2) is 0 Å². The van der Waals surface area contributed by atoms with Gasteiger partial charge in [0.2, 0.25) is 0 Å². The molecular weight excluding hydrogens is 238 g/mol. The second-order valence-electron chi connectivity index (χ2n) is 4.74. The molecule has 0 bridgehead atoms. The van der Waals surface area contributed by atoms with Crippen LogP contribution in [0.2, 0.25) is 0 Å². The molecule has 1 heterocycles. The summed E-state index contributed by atoms with van der Waals surface area (Å²) in [4.78, 5) is 18.5. The molecule has 0 saturated heterocycles. The Kier molecular flexibility index (Phi) is 6.33. The first-order chi connectivity index (χ1) is 9.12. The van der Waals surface area contributed by atoms with Gasteiger partial charge < -0.3 is 10.2 Å². The second-order valence-corrected chi connectivity index (χ2v) is 4.74. The van der Waals surface area contributed by atoms with Crippen LogP contribution in [-0.2, 0) is 0 Å². The number of rotatable bonds is 7. The first-order valence-corrected chi connectivity index (χ1v) is 7.14. The van der Waals surface area contributed by atoms with Crippen LogP contribution in [-0.4, -0.2) is 30.0 Å². The molecule has 1 aromatic rings. The van der Waals surface area contributed by atoms with Crippen LogP contribution in [0.5, 0.6) is 0 Å². The van der Waals surface area contributed by atoms with Crippen LogP contribution in [0.25, 0.3) is 0 Å². The number of nitrogens with zero attached hydrogens (tertiary/aromatic N) is 2. The molecule has 0 fully saturated rings. The molecule has 1 rings (SSSR count). The number of amides is 1. The van der Waals surface area contributed by atoms with Gasteiger partial charge in [-0.05, 0) is 39.3 Å². The summed E-state index contributed by atoms with van der Waals surface area (Å²) in [7, 11) is 0. The highest BCUT2D eigenvalue weighted by Gasteiger charge is 2.10. The predicted octanol–water partition coefficient (Wildman–Crippen LogP) is 2.85. The van der Waals surface area contributed by atoms with Crippen LogP contribution in [0.1, 0.15) is 50.9 Å². The average Bonchev–Trinajstić information content (AvgIpc) is 2.41. The van der Waals surface area contributed by atoms with Crippen molar-refractivity contribution in [1.29, 1.82) is 0 Å². The molecule has 1 amide bonds. The number of carbonyl (C=O) groups excluding carboxylic acids is 1. The topological polar surface area (TPSA) is 45.2 Å². The maximum Gasteiger partial charge on any atom is 0.253 e. The molecule has 0 aliphatic rings. The summed E-state index contributed by atoms with van der Waals surface area (Å²) in [6.07, 6.45) is 3.72. The molecule has 0 saturated carbocycles. The highest BCUT2D eigenvalue weighted by molar-refractivity contribution is 5.94. The molecule has 106 valence electrons. The smallest absolute Gasteiger partial charge is 0.253 e. The van der Waals surface area contributed by atoms with Crippen LogP contribution < -0.4 is 10.2 Å². The standard InChI is InChI=1S/C15H25N3O/c1-5-8-12(4)17-15(19)13-9-10-14(16-11-13)18(6-2)7-3/h9-12H,5-8H2,1-4H3,(H,17,19)/t12-/m1/s1. The lowest BCUT2D eigenvalue weighted by Crippen LogP contribution is -2.32. The van der Waals surface area contributed by atoms with E-state index in [-0.39, 0.29) is 11.9 Å². The van der Waals surface area contributed by atoms with E-state index in [2.05, 4.69) is 36.0 Å². The lowest BCUT2D eigenvalue weighted by molar-refractivity contribution is 0.0938. The molecule has 1 N–H and O–H groups in total. The van der Waals surface area contributed by atoms with Gasteiger partial charge in [0.25, 0.3) is 5.91 Å². The van der Waals surface area contributed by atoms with Gasteiger partial charge >= 0.3 is 0 Å². The van der Waals surface area contributed by atoms with Crippen molar-refractivity contribution in [3.8, 4) is 0 Å². The van der Waals surface area contributed by atoms with E-state index in [0.29, 0.717) is 5.56 Å². The Morgan fingerprint density at radius 3 is 2.47 bits per heavy atom. The van der Waals surface area contributed by atoms with Crippen molar-refractivity contribution in [2.24, 2.45) is 0 Å². The van der Waals surface area contributed by atoms with E-state index >= 15 is 0 Å². The summed E-state index contributed by atoms with van der Waals surface area (Å²) in [5, 5.41) is 2.98. The Labute approximate surface area is 116 Å². The number of hydrogen-bond donors (Lipinski definition) is 1. The van der Waals surface area contributed by atoms with E-state index in [9.17, 15) is 4.79 Å². The molecule has 4 nitrogen and oxygen atoms in total. The minimum Gasteiger partial charge on any atom is -0.357 e. The predicted molar refractivity (Wildman–Crippen MR) is 79.6 cm³/mol. The van der Waals surface area contributed by atoms with Crippen molar-refractivity contribution in [3.63, 3.8) is 0 Å². The third kappa shape index (κ3) is 4.54. The number of anilines is 1. The fraction of sp³-hybridized carbons (Fsp3) is 0.600. The Balaban J connectivity index is 2.67. The van der Waals surface area contributed by atoms with Crippen molar-refractivity contribution >= 4 is 11.7 Å². The normalized spacial score (nSPS) is 12.0. The van der Waals surface area contributed by atoms with Gasteiger partial charge in [-0.3, -0.25) is 4.79 Å². The van der Waals surface area contributed by atoms with Gasteiger partial charge in [0.1, 0.15) is 5.82 Å². The van der Waals surface area contributed by atoms with Gasteiger partial charge in [-0.25, -0.2) is 4.98 Å². The molecule has 0 radical (unpaired) electrons. The molecular formula is C15H25N3O. The maximum atomic E-state index is 12.0. The Bertz CT molecular complexity index is 385. The van der Waals surface area contributed by atoms with Crippen molar-refractivity contribution < 1.29 is 4.79 Å².